The Balaban J connectivity index is -0.0000000240. The molecule has 0 aromatic carbocycles. The molecule has 0 saturated heterocycles. The van der Waals surface area contributed by atoms with Crippen LogP contribution in [0, 0.1) is 11.8 Å². The Morgan fingerprint density at radius 3 is 0.895 bits per heavy atom. The van der Waals surface area contributed by atoms with E-state index in [4.69, 9.17) is 10.2 Å². The van der Waals surface area contributed by atoms with Gasteiger partial charge in [0.25, 0.3) is 0 Å². The number of aliphatic carboxylic acids is 2. The Morgan fingerprint density at radius 1 is 0.737 bits per heavy atom. The van der Waals surface area contributed by atoms with Crippen molar-refractivity contribution >= 4 is 11.9 Å². The molecule has 0 spiro atoms. The van der Waals surface area contributed by atoms with Crippen LogP contribution in [-0.4, -0.2) is 22.2 Å². The van der Waals surface area contributed by atoms with Crippen molar-refractivity contribution in [2.75, 3.05) is 0 Å². The summed E-state index contributed by atoms with van der Waals surface area (Å²) >= 11 is 0. The Morgan fingerprint density at radius 2 is 0.895 bits per heavy atom. The summed E-state index contributed by atoms with van der Waals surface area (Å²) in [6, 6.07) is 0. The second-order valence-electron chi connectivity index (χ2n) is 3.98. The summed E-state index contributed by atoms with van der Waals surface area (Å²) in [5.74, 6) is -0.875. The normalized spacial score (nSPS) is 7.05. The summed E-state index contributed by atoms with van der Waals surface area (Å²) in [5.41, 5.74) is 0. The molecule has 0 unspecified atom stereocenters. The van der Waals surface area contributed by atoms with Gasteiger partial charge in [-0.15, -0.1) is 0 Å². The average molecular weight is 331 g/mol. The standard InChI is InChI=1S/2C5H10O2.Co.4H3N/c2*1-4(2)3-5(6)7;;;;;/h2*4H,3H2,1-2H3,(H,6,7);;4*1H3/q;;+3;;;;. The molecule has 0 atom stereocenters. The molecular formula is C10H32CoN4O4+3. The van der Waals surface area contributed by atoms with Gasteiger partial charge < -0.3 is 34.8 Å². The molecular weight excluding hydrogens is 299 g/mol. The van der Waals surface area contributed by atoms with Crippen molar-refractivity contribution in [2.45, 2.75) is 40.5 Å². The SMILES string of the molecule is CC(C)CC(=O)O.CC(C)CC(=O)O.N.N.N.N.[Co+3]. The molecule has 14 N–H and O–H groups in total. The third kappa shape index (κ3) is 76.1. The summed E-state index contributed by atoms with van der Waals surface area (Å²) in [5, 5.41) is 16.2. The molecule has 0 bridgehead atoms. The fourth-order valence-electron chi connectivity index (χ4n) is 0.698. The van der Waals surface area contributed by atoms with Crippen LogP contribution in [0.3, 0.4) is 0 Å². The van der Waals surface area contributed by atoms with Crippen molar-refractivity contribution in [3.63, 3.8) is 0 Å². The second kappa shape index (κ2) is 26.0. The zero-order valence-electron chi connectivity index (χ0n) is 12.4. The van der Waals surface area contributed by atoms with Crippen molar-refractivity contribution in [2.24, 2.45) is 11.8 Å². The van der Waals surface area contributed by atoms with E-state index in [1.807, 2.05) is 27.7 Å². The van der Waals surface area contributed by atoms with E-state index in [2.05, 4.69) is 0 Å². The first-order valence-corrected chi connectivity index (χ1v) is 4.69. The van der Waals surface area contributed by atoms with Gasteiger partial charge in [-0.05, 0) is 11.8 Å². The van der Waals surface area contributed by atoms with E-state index in [1.165, 1.54) is 0 Å². The average Bonchev–Trinajstić information content (AvgIpc) is 1.79. The van der Waals surface area contributed by atoms with E-state index in [1.54, 1.807) is 0 Å². The molecule has 0 rings (SSSR count). The van der Waals surface area contributed by atoms with Crippen LogP contribution < -0.4 is 24.6 Å². The van der Waals surface area contributed by atoms with Crippen LogP contribution >= 0.6 is 0 Å². The molecule has 19 heavy (non-hydrogen) atoms. The number of carboxylic acid groups (broad SMARTS) is 2. The third-order valence-electron chi connectivity index (χ3n) is 1.17. The first kappa shape index (κ1) is 42.9. The zero-order valence-corrected chi connectivity index (χ0v) is 13.5. The quantitative estimate of drug-likeness (QED) is 0.449. The van der Waals surface area contributed by atoms with Crippen molar-refractivity contribution in [1.29, 1.82) is 0 Å². The molecule has 0 amide bonds. The van der Waals surface area contributed by atoms with E-state index in [0.29, 0.717) is 0 Å². The van der Waals surface area contributed by atoms with Crippen LogP contribution in [0.25, 0.3) is 0 Å². The summed E-state index contributed by atoms with van der Waals surface area (Å²) in [7, 11) is 0. The largest absolute Gasteiger partial charge is 3.00 e. The van der Waals surface area contributed by atoms with Crippen LogP contribution in [0.15, 0.2) is 0 Å². The number of carboxylic acids is 2. The molecule has 0 saturated carbocycles. The van der Waals surface area contributed by atoms with Crippen LogP contribution in [0.2, 0.25) is 0 Å². The maximum atomic E-state index is 9.81. The van der Waals surface area contributed by atoms with Crippen LogP contribution in [0.1, 0.15) is 40.5 Å². The molecule has 122 valence electrons. The summed E-state index contributed by atoms with van der Waals surface area (Å²) in [6.07, 6.45) is 0.556. The Hall–Kier alpha value is -0.714. The predicted octanol–water partition coefficient (Wildman–Crippen LogP) is 2.88. The molecule has 0 fully saturated rings. The van der Waals surface area contributed by atoms with E-state index in [-0.39, 0.29) is 66.1 Å². The van der Waals surface area contributed by atoms with Gasteiger partial charge in [0, 0.05) is 12.8 Å². The fourth-order valence-corrected chi connectivity index (χ4v) is 0.698. The third-order valence-corrected chi connectivity index (χ3v) is 1.17. The second-order valence-corrected chi connectivity index (χ2v) is 3.98. The van der Waals surface area contributed by atoms with Gasteiger partial charge in [-0.2, -0.15) is 0 Å². The summed E-state index contributed by atoms with van der Waals surface area (Å²) in [4.78, 5) is 19.6. The van der Waals surface area contributed by atoms with Crippen molar-refractivity contribution in [1.82, 2.24) is 24.6 Å². The molecule has 0 aliphatic heterocycles. The van der Waals surface area contributed by atoms with E-state index in [9.17, 15) is 9.59 Å². The van der Waals surface area contributed by atoms with Gasteiger partial charge in [-0.1, -0.05) is 27.7 Å². The first-order chi connectivity index (χ1) is 6.25. The van der Waals surface area contributed by atoms with Gasteiger partial charge in [0.05, 0.1) is 0 Å². The molecule has 0 aliphatic rings. The molecule has 0 radical (unpaired) electrons. The molecule has 0 aliphatic carbocycles. The monoisotopic (exact) mass is 331 g/mol. The topological polar surface area (TPSA) is 215 Å². The van der Waals surface area contributed by atoms with E-state index < -0.39 is 11.9 Å². The van der Waals surface area contributed by atoms with Crippen LogP contribution in [0.5, 0.6) is 0 Å². The Labute approximate surface area is 126 Å². The molecule has 0 aromatic rings. The number of carbonyl (C=O) groups is 2. The van der Waals surface area contributed by atoms with Crippen LogP contribution in [-0.2, 0) is 26.4 Å². The van der Waals surface area contributed by atoms with Crippen LogP contribution in [0.4, 0.5) is 0 Å². The Kier molecular flexibility index (Phi) is 58.6. The number of hydrogen-bond acceptors (Lipinski definition) is 6. The molecule has 8 nitrogen and oxygen atoms in total. The van der Waals surface area contributed by atoms with Gasteiger partial charge in [-0.25, -0.2) is 0 Å². The maximum absolute atomic E-state index is 9.81. The minimum Gasteiger partial charge on any atom is -0.481 e. The minimum atomic E-state index is -0.713. The van der Waals surface area contributed by atoms with Gasteiger partial charge in [-0.3, -0.25) is 9.59 Å². The first-order valence-electron chi connectivity index (χ1n) is 4.69. The molecule has 9 heteroatoms. The zero-order chi connectivity index (χ0) is 11.7. The van der Waals surface area contributed by atoms with Gasteiger partial charge in [0.1, 0.15) is 0 Å². The van der Waals surface area contributed by atoms with E-state index in [0.717, 1.165) is 0 Å². The summed E-state index contributed by atoms with van der Waals surface area (Å²) in [6.45, 7) is 7.53. The van der Waals surface area contributed by atoms with Gasteiger partial charge >= 0.3 is 28.7 Å². The fraction of sp³-hybridized carbons (Fsp3) is 0.800. The predicted molar refractivity (Wildman–Crippen MR) is 74.3 cm³/mol. The molecule has 0 heterocycles. The van der Waals surface area contributed by atoms with Crippen molar-refractivity contribution in [3.8, 4) is 0 Å². The van der Waals surface area contributed by atoms with Crippen molar-refractivity contribution in [3.05, 3.63) is 0 Å². The smallest absolute Gasteiger partial charge is 0.481 e. The van der Waals surface area contributed by atoms with Gasteiger partial charge in [0.15, 0.2) is 0 Å². The molecule has 0 aromatic heterocycles. The minimum absolute atomic E-state index is 0. The van der Waals surface area contributed by atoms with E-state index >= 15 is 0 Å². The number of rotatable bonds is 4. The number of hydrogen-bond donors (Lipinski definition) is 6. The Bertz CT molecular complexity index is 172. The van der Waals surface area contributed by atoms with Crippen molar-refractivity contribution < 1.29 is 36.6 Å². The maximum Gasteiger partial charge on any atom is 3.00 e. The van der Waals surface area contributed by atoms with Gasteiger partial charge in [0.2, 0.25) is 0 Å². The summed E-state index contributed by atoms with van der Waals surface area (Å²) < 4.78 is 0.